The lowest BCUT2D eigenvalue weighted by Gasteiger charge is -2.19. The predicted molar refractivity (Wildman–Crippen MR) is 72.1 cm³/mol. The Morgan fingerprint density at radius 3 is 2.33 bits per heavy atom. The van der Waals surface area contributed by atoms with Crippen LogP contribution in [0.2, 0.25) is 0 Å². The van der Waals surface area contributed by atoms with Crippen molar-refractivity contribution in [3.63, 3.8) is 0 Å². The maximum Gasteiger partial charge on any atom is 0.149 e. The maximum absolute atomic E-state index is 10.2. The Labute approximate surface area is 110 Å². The Bertz CT molecular complexity index is 294. The summed E-state index contributed by atoms with van der Waals surface area (Å²) in [5.41, 5.74) is 0.782. The van der Waals surface area contributed by atoms with Crippen LogP contribution in [-0.4, -0.2) is 18.5 Å². The first kappa shape index (κ1) is 14.8. The summed E-state index contributed by atoms with van der Waals surface area (Å²) in [6.07, 6.45) is 13.6. The van der Waals surface area contributed by atoms with Crippen LogP contribution >= 0.6 is 0 Å². The number of rotatable bonds is 3. The van der Waals surface area contributed by atoms with E-state index >= 15 is 0 Å². The molecule has 0 saturated carbocycles. The number of ether oxygens (including phenoxy) is 2. The molecule has 0 aromatic rings. The van der Waals surface area contributed by atoms with Crippen molar-refractivity contribution in [2.45, 2.75) is 64.6 Å². The Hall–Kier alpha value is -1.25. The Morgan fingerprint density at radius 1 is 1.22 bits per heavy atom. The molecule has 2 atom stereocenters. The maximum atomic E-state index is 10.2. The molecule has 3 heteroatoms. The molecule has 2 aliphatic heterocycles. The molecule has 2 aliphatic rings. The van der Waals surface area contributed by atoms with Gasteiger partial charge in [0.05, 0.1) is 24.7 Å². The van der Waals surface area contributed by atoms with Crippen molar-refractivity contribution in [2.24, 2.45) is 0 Å². The molecule has 0 fully saturated rings. The first-order valence-electron chi connectivity index (χ1n) is 6.90. The minimum atomic E-state index is 0.337. The summed E-state index contributed by atoms with van der Waals surface area (Å²) in [4.78, 5) is 10.2. The van der Waals surface area contributed by atoms with Crippen molar-refractivity contribution < 1.29 is 14.3 Å². The molecule has 18 heavy (non-hydrogen) atoms. The van der Waals surface area contributed by atoms with Crippen LogP contribution in [0.3, 0.4) is 0 Å². The molecule has 0 spiro atoms. The largest absolute Gasteiger partial charge is 0.498 e. The standard InChI is InChI=1S/C8H12O2.C7H12O/c1-2-8-4-3-7(5-9)6-10-8;1-2-7-5-3-4-6-8-7/h5-6,8H,2-4H2,1H3;4,6-7H,2-3,5H2,1H3. The monoisotopic (exact) mass is 252 g/mol. The Kier molecular flexibility index (Phi) is 7.23. The molecular formula is C15H24O3. The summed E-state index contributed by atoms with van der Waals surface area (Å²) in [6, 6.07) is 0. The van der Waals surface area contributed by atoms with Crippen molar-refractivity contribution in [3.8, 4) is 0 Å². The Morgan fingerprint density at radius 2 is 1.94 bits per heavy atom. The molecule has 2 unspecified atom stereocenters. The summed E-state index contributed by atoms with van der Waals surface area (Å²) in [6.45, 7) is 4.24. The van der Waals surface area contributed by atoms with Gasteiger partial charge in [-0.25, -0.2) is 0 Å². The molecule has 2 heterocycles. The van der Waals surface area contributed by atoms with Crippen molar-refractivity contribution in [3.05, 3.63) is 24.2 Å². The molecule has 3 nitrogen and oxygen atoms in total. The normalized spacial score (nSPS) is 26.0. The molecular weight excluding hydrogens is 228 g/mol. The second kappa shape index (κ2) is 8.78. The first-order chi connectivity index (χ1) is 8.80. The average molecular weight is 252 g/mol. The van der Waals surface area contributed by atoms with Gasteiger partial charge in [-0.1, -0.05) is 13.8 Å². The second-order valence-corrected chi connectivity index (χ2v) is 4.63. The minimum absolute atomic E-state index is 0.337. The zero-order valence-corrected chi connectivity index (χ0v) is 11.4. The van der Waals surface area contributed by atoms with Crippen molar-refractivity contribution >= 4 is 6.29 Å². The number of hydrogen-bond donors (Lipinski definition) is 0. The molecule has 102 valence electrons. The van der Waals surface area contributed by atoms with Crippen molar-refractivity contribution in [1.82, 2.24) is 0 Å². The summed E-state index contributed by atoms with van der Waals surface area (Å²) in [7, 11) is 0. The highest BCUT2D eigenvalue weighted by molar-refractivity contribution is 5.72. The number of carbonyl (C=O) groups is 1. The van der Waals surface area contributed by atoms with E-state index in [0.717, 1.165) is 37.5 Å². The Balaban J connectivity index is 0.000000184. The van der Waals surface area contributed by atoms with Gasteiger partial charge in [-0.3, -0.25) is 4.79 Å². The molecule has 2 rings (SSSR count). The highest BCUT2D eigenvalue weighted by Gasteiger charge is 2.12. The van der Waals surface area contributed by atoms with Gasteiger partial charge in [0.25, 0.3) is 0 Å². The molecule has 0 aromatic heterocycles. The average Bonchev–Trinajstić information content (AvgIpc) is 2.49. The van der Waals surface area contributed by atoms with Gasteiger partial charge in [0.1, 0.15) is 6.29 Å². The lowest BCUT2D eigenvalue weighted by molar-refractivity contribution is -0.105. The van der Waals surface area contributed by atoms with E-state index in [1.807, 2.05) is 6.26 Å². The van der Waals surface area contributed by atoms with Crippen LogP contribution < -0.4 is 0 Å². The number of allylic oxidation sites excluding steroid dienone is 2. The smallest absolute Gasteiger partial charge is 0.149 e. The van der Waals surface area contributed by atoms with E-state index in [-0.39, 0.29) is 0 Å². The van der Waals surface area contributed by atoms with Gasteiger partial charge < -0.3 is 9.47 Å². The van der Waals surface area contributed by atoms with Crippen molar-refractivity contribution in [1.29, 1.82) is 0 Å². The van der Waals surface area contributed by atoms with Crippen LogP contribution in [0.1, 0.15) is 52.4 Å². The van der Waals surface area contributed by atoms with E-state index in [1.54, 1.807) is 6.26 Å². The lowest BCUT2D eigenvalue weighted by Crippen LogP contribution is -2.13. The third-order valence-electron chi connectivity index (χ3n) is 3.25. The quantitative estimate of drug-likeness (QED) is 0.718. The van der Waals surface area contributed by atoms with Gasteiger partial charge in [0.2, 0.25) is 0 Å². The third-order valence-corrected chi connectivity index (χ3v) is 3.25. The van der Waals surface area contributed by atoms with Crippen molar-refractivity contribution in [2.75, 3.05) is 0 Å². The summed E-state index contributed by atoms with van der Waals surface area (Å²) < 4.78 is 10.5. The van der Waals surface area contributed by atoms with Crippen LogP contribution in [0.25, 0.3) is 0 Å². The third kappa shape index (κ3) is 5.39. The van der Waals surface area contributed by atoms with Gasteiger partial charge in [-0.05, 0) is 44.6 Å². The number of carbonyl (C=O) groups excluding carboxylic acids is 1. The fourth-order valence-electron chi connectivity index (χ4n) is 1.91. The van der Waals surface area contributed by atoms with Gasteiger partial charge in [-0.15, -0.1) is 0 Å². The molecule has 0 aromatic carbocycles. The molecule has 0 N–H and O–H groups in total. The topological polar surface area (TPSA) is 35.5 Å². The van der Waals surface area contributed by atoms with E-state index in [1.165, 1.54) is 12.8 Å². The zero-order valence-electron chi connectivity index (χ0n) is 11.4. The minimum Gasteiger partial charge on any atom is -0.498 e. The second-order valence-electron chi connectivity index (χ2n) is 4.63. The van der Waals surface area contributed by atoms with Gasteiger partial charge in [0.15, 0.2) is 0 Å². The predicted octanol–water partition coefficient (Wildman–Crippen LogP) is 3.75. The van der Waals surface area contributed by atoms with Gasteiger partial charge in [-0.2, -0.15) is 0 Å². The van der Waals surface area contributed by atoms with Gasteiger partial charge in [0, 0.05) is 5.57 Å². The molecule has 0 aliphatic carbocycles. The SMILES string of the molecule is CCC1CCC(C=O)=CO1.CCC1CCC=CO1. The van der Waals surface area contributed by atoms with Crippen LogP contribution in [0.4, 0.5) is 0 Å². The van der Waals surface area contributed by atoms with E-state index < -0.39 is 0 Å². The fraction of sp³-hybridized carbons (Fsp3) is 0.667. The van der Waals surface area contributed by atoms with Gasteiger partial charge >= 0.3 is 0 Å². The molecule has 0 amide bonds. The highest BCUT2D eigenvalue weighted by atomic mass is 16.5. The summed E-state index contributed by atoms with van der Waals surface area (Å²) >= 11 is 0. The molecule has 0 saturated heterocycles. The fourth-order valence-corrected chi connectivity index (χ4v) is 1.91. The number of hydrogen-bond acceptors (Lipinski definition) is 3. The highest BCUT2D eigenvalue weighted by Crippen LogP contribution is 2.17. The summed E-state index contributed by atoms with van der Waals surface area (Å²) in [5, 5.41) is 0. The van der Waals surface area contributed by atoms with Crippen LogP contribution in [0.15, 0.2) is 24.2 Å². The van der Waals surface area contributed by atoms with Crippen LogP contribution in [-0.2, 0) is 14.3 Å². The summed E-state index contributed by atoms with van der Waals surface area (Å²) in [5.74, 6) is 0. The van der Waals surface area contributed by atoms with E-state index in [0.29, 0.717) is 12.2 Å². The van der Waals surface area contributed by atoms with Crippen LogP contribution in [0.5, 0.6) is 0 Å². The molecule has 0 radical (unpaired) electrons. The lowest BCUT2D eigenvalue weighted by atomic mass is 10.1. The molecule has 0 bridgehead atoms. The van der Waals surface area contributed by atoms with Crippen LogP contribution in [0, 0.1) is 0 Å². The van der Waals surface area contributed by atoms with E-state index in [9.17, 15) is 4.79 Å². The van der Waals surface area contributed by atoms with E-state index in [4.69, 9.17) is 9.47 Å². The first-order valence-corrected chi connectivity index (χ1v) is 6.90. The zero-order chi connectivity index (χ0) is 13.2. The number of aldehydes is 1. The van der Waals surface area contributed by atoms with E-state index in [2.05, 4.69) is 19.9 Å².